The highest BCUT2D eigenvalue weighted by Gasteiger charge is 2.15. The van der Waals surface area contributed by atoms with Gasteiger partial charge in [0.2, 0.25) is 0 Å². The number of nitrogens with one attached hydrogen (secondary N) is 2. The molecule has 0 fully saturated rings. The fourth-order valence-corrected chi connectivity index (χ4v) is 3.08. The molecule has 8 heteroatoms. The van der Waals surface area contributed by atoms with E-state index in [4.69, 9.17) is 10.4 Å². The molecular formula is C20H27N7O. The third kappa shape index (κ3) is 3.96. The van der Waals surface area contributed by atoms with Crippen LogP contribution in [-0.4, -0.2) is 48.3 Å². The van der Waals surface area contributed by atoms with Gasteiger partial charge in [0.15, 0.2) is 0 Å². The highest BCUT2D eigenvalue weighted by Crippen LogP contribution is 2.26. The largest absolute Gasteiger partial charge is 0.394 e. The normalized spacial score (nSPS) is 13.2. The molecule has 0 radical (unpaired) electrons. The van der Waals surface area contributed by atoms with Crippen LogP contribution >= 0.6 is 0 Å². The Morgan fingerprint density at radius 1 is 1.29 bits per heavy atom. The average molecular weight is 381 g/mol. The molecule has 3 aromatic rings. The summed E-state index contributed by atoms with van der Waals surface area (Å²) in [5.74, 6) is 0. The van der Waals surface area contributed by atoms with E-state index in [2.05, 4.69) is 29.4 Å². The summed E-state index contributed by atoms with van der Waals surface area (Å²) >= 11 is 0. The number of fused-ring (bicyclic) bond motifs is 1. The van der Waals surface area contributed by atoms with Gasteiger partial charge < -0.3 is 15.8 Å². The molecule has 0 bridgehead atoms. The van der Waals surface area contributed by atoms with Crippen molar-refractivity contribution in [1.29, 1.82) is 5.41 Å². The summed E-state index contributed by atoms with van der Waals surface area (Å²) in [7, 11) is 0. The predicted molar refractivity (Wildman–Crippen MR) is 110 cm³/mol. The molecule has 1 unspecified atom stereocenters. The number of hydrogen-bond acceptors (Lipinski definition) is 6. The van der Waals surface area contributed by atoms with E-state index in [1.54, 1.807) is 23.1 Å². The molecule has 0 saturated carbocycles. The van der Waals surface area contributed by atoms with Crippen molar-refractivity contribution in [3.8, 4) is 11.3 Å². The smallest absolute Gasteiger partial charge is 0.0999 e. The standard InChI is InChI=1S/C20H27N7O/c1-4-17(5-2)26-11-16(10-24-26)20-19-6-7-23-27(19)12-18(25-20)15(8-21)9-22-14(3)13-28/h6-12,14,17,21-22,28H,4-5,13H2,1-3H3/b15-9+,21-8?. The number of allylic oxidation sites excluding steroid dienone is 1. The Morgan fingerprint density at radius 3 is 2.75 bits per heavy atom. The van der Waals surface area contributed by atoms with Gasteiger partial charge >= 0.3 is 0 Å². The Hall–Kier alpha value is -3.00. The molecule has 0 spiro atoms. The number of nitrogens with zero attached hydrogens (tertiary/aromatic N) is 5. The van der Waals surface area contributed by atoms with Crippen LogP contribution < -0.4 is 5.32 Å². The molecule has 0 amide bonds. The van der Waals surface area contributed by atoms with E-state index in [0.717, 1.165) is 29.6 Å². The van der Waals surface area contributed by atoms with Crippen LogP contribution in [0.5, 0.6) is 0 Å². The molecule has 0 saturated heterocycles. The fourth-order valence-electron chi connectivity index (χ4n) is 3.08. The van der Waals surface area contributed by atoms with Gasteiger partial charge in [-0.3, -0.25) is 4.68 Å². The Morgan fingerprint density at radius 2 is 2.07 bits per heavy atom. The van der Waals surface area contributed by atoms with Crippen LogP contribution in [0.2, 0.25) is 0 Å². The molecule has 148 valence electrons. The quantitative estimate of drug-likeness (QED) is 0.494. The SMILES string of the molecule is CCC(CC)n1cc(-c2nc(/C(C=N)=C/NC(C)CO)cn3nccc23)cn1. The van der Waals surface area contributed by atoms with Gasteiger partial charge in [0.05, 0.1) is 48.1 Å². The molecule has 0 aliphatic carbocycles. The fraction of sp³-hybridized carbons (Fsp3) is 0.400. The Balaban J connectivity index is 2.06. The van der Waals surface area contributed by atoms with Crippen molar-refractivity contribution < 1.29 is 5.11 Å². The molecular weight excluding hydrogens is 354 g/mol. The highest BCUT2D eigenvalue weighted by atomic mass is 16.3. The number of aromatic nitrogens is 5. The van der Waals surface area contributed by atoms with E-state index in [0.29, 0.717) is 17.3 Å². The lowest BCUT2D eigenvalue weighted by molar-refractivity contribution is 0.261. The first-order valence-electron chi connectivity index (χ1n) is 9.58. The maximum absolute atomic E-state index is 9.20. The topological polar surface area (TPSA) is 104 Å². The maximum Gasteiger partial charge on any atom is 0.0999 e. The second-order valence-electron chi connectivity index (χ2n) is 6.81. The highest BCUT2D eigenvalue weighted by molar-refractivity contribution is 6.07. The molecule has 3 N–H and O–H groups in total. The number of rotatable bonds is 9. The lowest BCUT2D eigenvalue weighted by Crippen LogP contribution is -2.24. The monoisotopic (exact) mass is 381 g/mol. The van der Waals surface area contributed by atoms with Gasteiger partial charge in [-0.1, -0.05) is 13.8 Å². The zero-order chi connectivity index (χ0) is 20.1. The first kappa shape index (κ1) is 19.8. The summed E-state index contributed by atoms with van der Waals surface area (Å²) in [6.45, 7) is 6.18. The van der Waals surface area contributed by atoms with E-state index in [-0.39, 0.29) is 12.6 Å². The van der Waals surface area contributed by atoms with E-state index in [9.17, 15) is 5.11 Å². The summed E-state index contributed by atoms with van der Waals surface area (Å²) < 4.78 is 3.76. The minimum absolute atomic E-state index is 0.00780. The zero-order valence-corrected chi connectivity index (χ0v) is 16.5. The van der Waals surface area contributed by atoms with Crippen LogP contribution in [0.1, 0.15) is 45.3 Å². The summed E-state index contributed by atoms with van der Waals surface area (Å²) in [6, 6.07) is 2.17. The third-order valence-electron chi connectivity index (χ3n) is 4.83. The summed E-state index contributed by atoms with van der Waals surface area (Å²) in [4.78, 5) is 4.81. The first-order chi connectivity index (χ1) is 13.6. The molecule has 3 heterocycles. The van der Waals surface area contributed by atoms with Crippen molar-refractivity contribution in [2.45, 2.75) is 45.7 Å². The van der Waals surface area contributed by atoms with Crippen LogP contribution in [0.15, 0.2) is 37.1 Å². The minimum atomic E-state index is -0.110. The van der Waals surface area contributed by atoms with Crippen molar-refractivity contribution in [2.75, 3.05) is 6.61 Å². The van der Waals surface area contributed by atoms with Crippen molar-refractivity contribution in [2.24, 2.45) is 0 Å². The molecule has 1 atom stereocenters. The van der Waals surface area contributed by atoms with Crippen LogP contribution in [-0.2, 0) is 0 Å². The first-order valence-corrected chi connectivity index (χ1v) is 9.58. The summed E-state index contributed by atoms with van der Waals surface area (Å²) in [5, 5.41) is 28.9. The molecule has 0 aliphatic rings. The molecule has 0 aromatic carbocycles. The van der Waals surface area contributed by atoms with E-state index in [1.807, 2.05) is 30.1 Å². The van der Waals surface area contributed by atoms with Crippen LogP contribution in [0.25, 0.3) is 22.3 Å². The lowest BCUT2D eigenvalue weighted by Gasteiger charge is -2.12. The van der Waals surface area contributed by atoms with Gasteiger partial charge in [0.25, 0.3) is 0 Å². The van der Waals surface area contributed by atoms with Crippen LogP contribution in [0, 0.1) is 5.41 Å². The van der Waals surface area contributed by atoms with Crippen molar-refractivity contribution in [1.82, 2.24) is 29.7 Å². The van der Waals surface area contributed by atoms with Gasteiger partial charge in [0, 0.05) is 35.8 Å². The minimum Gasteiger partial charge on any atom is -0.394 e. The average Bonchev–Trinajstić information content (AvgIpc) is 3.38. The van der Waals surface area contributed by atoms with Crippen molar-refractivity contribution >= 4 is 17.3 Å². The van der Waals surface area contributed by atoms with Gasteiger partial charge in [0.1, 0.15) is 0 Å². The van der Waals surface area contributed by atoms with Gasteiger partial charge in [-0.15, -0.1) is 0 Å². The van der Waals surface area contributed by atoms with E-state index >= 15 is 0 Å². The predicted octanol–water partition coefficient (Wildman–Crippen LogP) is 2.91. The molecule has 3 rings (SSSR count). The van der Waals surface area contributed by atoms with Crippen LogP contribution in [0.4, 0.5) is 0 Å². The lowest BCUT2D eigenvalue weighted by atomic mass is 10.1. The van der Waals surface area contributed by atoms with Gasteiger partial charge in [-0.25, -0.2) is 9.50 Å². The summed E-state index contributed by atoms with van der Waals surface area (Å²) in [5.41, 5.74) is 3.80. The zero-order valence-electron chi connectivity index (χ0n) is 16.5. The third-order valence-corrected chi connectivity index (χ3v) is 4.83. The summed E-state index contributed by atoms with van der Waals surface area (Å²) in [6.07, 6.45) is 12.4. The van der Waals surface area contributed by atoms with Gasteiger partial charge in [-0.2, -0.15) is 10.2 Å². The van der Waals surface area contributed by atoms with Crippen molar-refractivity contribution in [3.05, 3.63) is 42.7 Å². The van der Waals surface area contributed by atoms with Crippen molar-refractivity contribution in [3.63, 3.8) is 0 Å². The second kappa shape index (κ2) is 8.79. The Kier molecular flexibility index (Phi) is 6.20. The molecule has 0 aliphatic heterocycles. The second-order valence-corrected chi connectivity index (χ2v) is 6.81. The number of aliphatic hydroxyl groups excluding tert-OH is 1. The Labute approximate surface area is 164 Å². The van der Waals surface area contributed by atoms with Gasteiger partial charge in [-0.05, 0) is 25.8 Å². The molecule has 8 nitrogen and oxygen atoms in total. The van der Waals surface area contributed by atoms with Crippen LogP contribution in [0.3, 0.4) is 0 Å². The molecule has 3 aromatic heterocycles. The number of hydrogen-bond donors (Lipinski definition) is 3. The van der Waals surface area contributed by atoms with E-state index < -0.39 is 0 Å². The number of aliphatic hydroxyl groups is 1. The Bertz CT molecular complexity index is 968. The molecule has 28 heavy (non-hydrogen) atoms. The van der Waals surface area contributed by atoms with E-state index in [1.165, 1.54) is 6.21 Å². The maximum atomic E-state index is 9.20.